The van der Waals surface area contributed by atoms with E-state index in [2.05, 4.69) is 20.5 Å². The van der Waals surface area contributed by atoms with E-state index in [1.807, 2.05) is 51.8 Å². The van der Waals surface area contributed by atoms with Gasteiger partial charge in [-0.2, -0.15) is 0 Å². The van der Waals surface area contributed by atoms with Crippen molar-refractivity contribution >= 4 is 23.5 Å². The van der Waals surface area contributed by atoms with Gasteiger partial charge >= 0.3 is 0 Å². The second-order valence-corrected chi connectivity index (χ2v) is 10.7. The molecule has 204 valence electrons. The summed E-state index contributed by atoms with van der Waals surface area (Å²) in [5.74, 6) is 0.804. The first-order chi connectivity index (χ1) is 18.1. The molecule has 0 aliphatic carbocycles. The summed E-state index contributed by atoms with van der Waals surface area (Å²) in [7, 11) is 2.02. The molecule has 5 N–H and O–H groups in total. The summed E-state index contributed by atoms with van der Waals surface area (Å²) in [6, 6.07) is 3.77. The first-order valence-corrected chi connectivity index (χ1v) is 13.2. The van der Waals surface area contributed by atoms with Gasteiger partial charge in [0, 0.05) is 67.4 Å². The number of rotatable bonds is 9. The van der Waals surface area contributed by atoms with Gasteiger partial charge in [-0.1, -0.05) is 6.08 Å². The highest BCUT2D eigenvalue weighted by molar-refractivity contribution is 5.88. The maximum Gasteiger partial charge on any atom is 0.252 e. The third kappa shape index (κ3) is 6.03. The van der Waals surface area contributed by atoms with E-state index >= 15 is 0 Å². The Hall–Kier alpha value is -3.34. The van der Waals surface area contributed by atoms with E-state index in [1.165, 1.54) is 6.21 Å². The second-order valence-electron chi connectivity index (χ2n) is 10.7. The zero-order valence-electron chi connectivity index (χ0n) is 22.9. The number of nitrogens with one attached hydrogen (secondary N) is 4. The lowest BCUT2D eigenvalue weighted by Gasteiger charge is -2.39. The van der Waals surface area contributed by atoms with Gasteiger partial charge in [-0.05, 0) is 64.4 Å². The Bertz CT molecular complexity index is 1290. The molecule has 1 atom stereocenters. The average molecular weight is 522 g/mol. The Kier molecular flexibility index (Phi) is 8.44. The maximum atomic E-state index is 12.8. The highest BCUT2D eigenvalue weighted by Gasteiger charge is 2.33. The quantitative estimate of drug-likeness (QED) is 0.252. The van der Waals surface area contributed by atoms with Crippen molar-refractivity contribution in [2.75, 3.05) is 38.5 Å². The molecule has 2 aromatic rings. The predicted molar refractivity (Wildman–Crippen MR) is 149 cm³/mol. The molecule has 2 aliphatic heterocycles. The average Bonchev–Trinajstić information content (AvgIpc) is 2.85. The minimum atomic E-state index is -1.13. The molecular formula is C28H39N7O3. The summed E-state index contributed by atoms with van der Waals surface area (Å²) in [4.78, 5) is 36.9. The highest BCUT2D eigenvalue weighted by atomic mass is 16.3. The van der Waals surface area contributed by atoms with Crippen LogP contribution in [-0.2, 0) is 11.3 Å². The number of amides is 1. The molecule has 10 heteroatoms. The van der Waals surface area contributed by atoms with Crippen LogP contribution in [-0.4, -0.2) is 76.3 Å². The van der Waals surface area contributed by atoms with Gasteiger partial charge in [0.2, 0.25) is 5.91 Å². The second kappa shape index (κ2) is 11.6. The lowest BCUT2D eigenvalue weighted by Crippen LogP contribution is -2.53. The van der Waals surface area contributed by atoms with Gasteiger partial charge in [-0.3, -0.25) is 14.9 Å². The molecule has 38 heavy (non-hydrogen) atoms. The van der Waals surface area contributed by atoms with Crippen LogP contribution in [0.25, 0.3) is 5.57 Å². The first-order valence-electron chi connectivity index (χ1n) is 13.2. The van der Waals surface area contributed by atoms with Gasteiger partial charge in [-0.15, -0.1) is 0 Å². The molecule has 0 saturated carbocycles. The number of pyridine rings is 2. The molecule has 4 rings (SSSR count). The molecule has 10 nitrogen and oxygen atoms in total. The molecule has 4 heterocycles. The fourth-order valence-corrected chi connectivity index (χ4v) is 5.13. The zero-order chi connectivity index (χ0) is 27.6. The van der Waals surface area contributed by atoms with Crippen LogP contribution < -0.4 is 16.2 Å². The summed E-state index contributed by atoms with van der Waals surface area (Å²) in [5.41, 5.74) is 4.69. The Morgan fingerprint density at radius 1 is 1.32 bits per heavy atom. The number of likely N-dealkylation sites (tertiary alicyclic amines) is 1. The van der Waals surface area contributed by atoms with Crippen LogP contribution in [0.4, 0.5) is 5.82 Å². The molecule has 0 spiro atoms. The standard InChI is InChI=1S/C28H39N7O3/c1-16(2)31-25-22(12-29)21(26(36)30-13-23-17(3)10-18(4)32-27(23)37)11-24(33-25)19-6-8-35(9-7-19)28(38)20-14-34(5)15-20/h6,10-12,16,20,26,29-30,36H,7-9,13-15H2,1-5H3,(H,31,33)(H,32,37). The van der Waals surface area contributed by atoms with Gasteiger partial charge in [0.15, 0.2) is 0 Å². The Morgan fingerprint density at radius 3 is 2.63 bits per heavy atom. The number of nitrogens with zero attached hydrogens (tertiary/aromatic N) is 3. The number of anilines is 1. The van der Waals surface area contributed by atoms with E-state index in [9.17, 15) is 14.7 Å². The minimum Gasteiger partial charge on any atom is -0.374 e. The Labute approximate surface area is 223 Å². The number of aliphatic hydroxyl groups is 1. The van der Waals surface area contributed by atoms with E-state index in [1.54, 1.807) is 6.07 Å². The van der Waals surface area contributed by atoms with Crippen molar-refractivity contribution in [3.63, 3.8) is 0 Å². The van der Waals surface area contributed by atoms with Gasteiger partial charge in [0.25, 0.3) is 5.56 Å². The number of H-pyrrole nitrogens is 1. The van der Waals surface area contributed by atoms with Crippen LogP contribution in [0, 0.1) is 25.2 Å². The van der Waals surface area contributed by atoms with Crippen LogP contribution in [0.2, 0.25) is 0 Å². The summed E-state index contributed by atoms with van der Waals surface area (Å²) in [6.45, 7) is 10.6. The fraction of sp³-hybridized carbons (Fsp3) is 0.500. The molecule has 1 fully saturated rings. The minimum absolute atomic E-state index is 0.0669. The van der Waals surface area contributed by atoms with Crippen molar-refractivity contribution in [3.8, 4) is 0 Å². The molecular weight excluding hydrogens is 482 g/mol. The molecule has 0 bridgehead atoms. The number of aryl methyl sites for hydroxylation is 2. The number of aromatic nitrogens is 2. The van der Waals surface area contributed by atoms with Gasteiger partial charge in [-0.25, -0.2) is 4.98 Å². The summed E-state index contributed by atoms with van der Waals surface area (Å²) in [5, 5.41) is 25.6. The Morgan fingerprint density at radius 2 is 2.05 bits per heavy atom. The maximum absolute atomic E-state index is 12.8. The van der Waals surface area contributed by atoms with Gasteiger partial charge < -0.3 is 30.6 Å². The fourth-order valence-electron chi connectivity index (χ4n) is 5.13. The first kappa shape index (κ1) is 27.7. The highest BCUT2D eigenvalue weighted by Crippen LogP contribution is 2.30. The normalized spacial score (nSPS) is 17.2. The summed E-state index contributed by atoms with van der Waals surface area (Å²) in [6.07, 6.45) is 2.76. The van der Waals surface area contributed by atoms with Crippen LogP contribution in [0.1, 0.15) is 60.1 Å². The number of aliphatic hydroxyl groups excluding tert-OH is 1. The third-order valence-corrected chi connectivity index (χ3v) is 7.18. The third-order valence-electron chi connectivity index (χ3n) is 7.18. The van der Waals surface area contributed by atoms with Crippen molar-refractivity contribution in [1.29, 1.82) is 5.41 Å². The van der Waals surface area contributed by atoms with Crippen molar-refractivity contribution < 1.29 is 9.90 Å². The molecule has 2 aliphatic rings. The van der Waals surface area contributed by atoms with Crippen LogP contribution >= 0.6 is 0 Å². The lowest BCUT2D eigenvalue weighted by atomic mass is 9.96. The number of hydrogen-bond acceptors (Lipinski definition) is 8. The molecule has 0 radical (unpaired) electrons. The summed E-state index contributed by atoms with van der Waals surface area (Å²) < 4.78 is 0. The SMILES string of the molecule is Cc1cc(C)c(CNC(O)c2cc(C3=CCN(C(=O)C4CN(C)C4)CC3)nc(NC(C)C)c2C=N)c(=O)[nH]1. The van der Waals surface area contributed by atoms with E-state index in [0.29, 0.717) is 47.7 Å². The van der Waals surface area contributed by atoms with Crippen molar-refractivity contribution in [3.05, 3.63) is 62.2 Å². The molecule has 1 saturated heterocycles. The Balaban J connectivity index is 1.59. The van der Waals surface area contributed by atoms with Crippen LogP contribution in [0.5, 0.6) is 0 Å². The summed E-state index contributed by atoms with van der Waals surface area (Å²) >= 11 is 0. The van der Waals surface area contributed by atoms with Gasteiger partial charge in [0.1, 0.15) is 12.0 Å². The molecule has 2 aromatic heterocycles. The zero-order valence-corrected chi connectivity index (χ0v) is 22.9. The van der Waals surface area contributed by atoms with Crippen molar-refractivity contribution in [2.24, 2.45) is 5.92 Å². The molecule has 1 amide bonds. The number of carbonyl (C=O) groups excluding carboxylic acids is 1. The number of carbonyl (C=O) groups is 1. The predicted octanol–water partition coefficient (Wildman–Crippen LogP) is 2.16. The topological polar surface area (TPSA) is 137 Å². The number of aromatic amines is 1. The van der Waals surface area contributed by atoms with E-state index in [0.717, 1.165) is 29.9 Å². The van der Waals surface area contributed by atoms with E-state index in [4.69, 9.17) is 10.4 Å². The van der Waals surface area contributed by atoms with E-state index in [-0.39, 0.29) is 30.0 Å². The lowest BCUT2D eigenvalue weighted by molar-refractivity contribution is -0.140. The smallest absolute Gasteiger partial charge is 0.252 e. The van der Waals surface area contributed by atoms with E-state index < -0.39 is 6.23 Å². The van der Waals surface area contributed by atoms with Crippen LogP contribution in [0.15, 0.2) is 23.0 Å². The monoisotopic (exact) mass is 521 g/mol. The molecule has 1 unspecified atom stereocenters. The van der Waals surface area contributed by atoms with Crippen molar-refractivity contribution in [2.45, 2.75) is 52.9 Å². The number of hydrogen-bond donors (Lipinski definition) is 5. The molecule has 0 aromatic carbocycles. The van der Waals surface area contributed by atoms with Crippen molar-refractivity contribution in [1.82, 2.24) is 25.1 Å². The van der Waals surface area contributed by atoms with Gasteiger partial charge in [0.05, 0.1) is 11.6 Å². The largest absolute Gasteiger partial charge is 0.374 e. The van der Waals surface area contributed by atoms with Crippen LogP contribution in [0.3, 0.4) is 0 Å².